The summed E-state index contributed by atoms with van der Waals surface area (Å²) in [5.74, 6) is -0.181. The highest BCUT2D eigenvalue weighted by Crippen LogP contribution is 2.05. The molecular weight excluding hydrogens is 226 g/mol. The van der Waals surface area contributed by atoms with Crippen LogP contribution in [0.3, 0.4) is 0 Å². The van der Waals surface area contributed by atoms with Gasteiger partial charge in [-0.1, -0.05) is 50.1 Å². The molecule has 0 fully saturated rings. The summed E-state index contributed by atoms with van der Waals surface area (Å²) >= 11 is 0. The minimum absolute atomic E-state index is 0.181. The minimum atomic E-state index is -0.426. The summed E-state index contributed by atoms with van der Waals surface area (Å²) in [6.45, 7) is 7.67. The van der Waals surface area contributed by atoms with E-state index in [-0.39, 0.29) is 5.91 Å². The Balaban J connectivity index is 0.000000873. The first-order chi connectivity index (χ1) is 8.53. The molecule has 0 bridgehead atoms. The van der Waals surface area contributed by atoms with Crippen LogP contribution in [0, 0.1) is 6.92 Å². The Hall–Kier alpha value is -1.64. The molecule has 0 unspecified atom stereocenters. The molecule has 1 rings (SSSR count). The number of aryl methyl sites for hydroxylation is 1. The van der Waals surface area contributed by atoms with Crippen molar-refractivity contribution < 1.29 is 9.59 Å². The molecule has 0 saturated carbocycles. The van der Waals surface area contributed by atoms with Crippen molar-refractivity contribution in [2.75, 3.05) is 0 Å². The summed E-state index contributed by atoms with van der Waals surface area (Å²) in [4.78, 5) is 21.5. The van der Waals surface area contributed by atoms with Crippen molar-refractivity contribution >= 4 is 12.2 Å². The van der Waals surface area contributed by atoms with E-state index in [0.717, 1.165) is 11.8 Å². The first-order valence-electron chi connectivity index (χ1n) is 6.31. The van der Waals surface area contributed by atoms with Crippen LogP contribution < -0.4 is 5.32 Å². The third kappa shape index (κ3) is 7.60. The number of rotatable bonds is 4. The first kappa shape index (κ1) is 16.4. The van der Waals surface area contributed by atoms with Crippen molar-refractivity contribution in [2.24, 2.45) is 0 Å². The Morgan fingerprint density at radius 2 is 1.78 bits per heavy atom. The molecule has 0 spiro atoms. The van der Waals surface area contributed by atoms with E-state index >= 15 is 0 Å². The lowest BCUT2D eigenvalue weighted by Gasteiger charge is -2.11. The summed E-state index contributed by atoms with van der Waals surface area (Å²) < 4.78 is 0. The van der Waals surface area contributed by atoms with E-state index in [1.54, 1.807) is 0 Å². The van der Waals surface area contributed by atoms with E-state index in [4.69, 9.17) is 0 Å². The average Bonchev–Trinajstić information content (AvgIpc) is 2.31. The van der Waals surface area contributed by atoms with Gasteiger partial charge in [0.05, 0.1) is 6.04 Å². The second kappa shape index (κ2) is 9.40. The number of amides is 1. The fraction of sp³-hybridized carbons (Fsp3) is 0.467. The Morgan fingerprint density at radius 1 is 1.28 bits per heavy atom. The molecule has 1 aromatic rings. The fourth-order valence-corrected chi connectivity index (χ4v) is 1.37. The van der Waals surface area contributed by atoms with Crippen molar-refractivity contribution in [3.63, 3.8) is 0 Å². The van der Waals surface area contributed by atoms with Gasteiger partial charge in [0, 0.05) is 6.92 Å². The van der Waals surface area contributed by atoms with E-state index < -0.39 is 6.04 Å². The van der Waals surface area contributed by atoms with Crippen LogP contribution in [0.15, 0.2) is 24.3 Å². The third-order valence-corrected chi connectivity index (χ3v) is 2.13. The molecule has 1 amide bonds. The number of carbonyl (C=O) groups is 2. The van der Waals surface area contributed by atoms with Crippen LogP contribution in [0.4, 0.5) is 0 Å². The van der Waals surface area contributed by atoms with Crippen LogP contribution in [-0.2, 0) is 16.0 Å². The standard InChI is InChI=1S/C12H15NO2.C3H8/c1-9-3-5-11(6-4-9)7-12(8-14)13-10(2)15;1-3-2/h3-6,8,12H,7H2,1-2H3,(H,13,15);3H2,1-2H3/t12-;/m0./s1. The van der Waals surface area contributed by atoms with Crippen molar-refractivity contribution in [3.8, 4) is 0 Å². The van der Waals surface area contributed by atoms with E-state index in [1.807, 2.05) is 31.2 Å². The number of nitrogens with one attached hydrogen (secondary N) is 1. The number of aldehydes is 1. The van der Waals surface area contributed by atoms with Gasteiger partial charge in [-0.25, -0.2) is 0 Å². The number of hydrogen-bond donors (Lipinski definition) is 1. The van der Waals surface area contributed by atoms with Gasteiger partial charge >= 0.3 is 0 Å². The van der Waals surface area contributed by atoms with Gasteiger partial charge in [0.2, 0.25) is 5.91 Å². The topological polar surface area (TPSA) is 46.2 Å². The number of hydrogen-bond acceptors (Lipinski definition) is 2. The summed E-state index contributed by atoms with van der Waals surface area (Å²) in [7, 11) is 0. The quantitative estimate of drug-likeness (QED) is 0.834. The predicted octanol–water partition coefficient (Wildman–Crippen LogP) is 2.66. The lowest BCUT2D eigenvalue weighted by atomic mass is 10.1. The van der Waals surface area contributed by atoms with Gasteiger partial charge in [0.1, 0.15) is 6.29 Å². The fourth-order valence-electron chi connectivity index (χ4n) is 1.37. The second-order valence-corrected chi connectivity index (χ2v) is 4.34. The van der Waals surface area contributed by atoms with Crippen molar-refractivity contribution in [1.29, 1.82) is 0 Å². The lowest BCUT2D eigenvalue weighted by molar-refractivity contribution is -0.122. The van der Waals surface area contributed by atoms with Gasteiger partial charge in [0.15, 0.2) is 0 Å². The molecule has 100 valence electrons. The van der Waals surface area contributed by atoms with Gasteiger partial charge in [0.25, 0.3) is 0 Å². The van der Waals surface area contributed by atoms with E-state index in [1.165, 1.54) is 18.9 Å². The van der Waals surface area contributed by atoms with Gasteiger partial charge in [-0.05, 0) is 18.9 Å². The zero-order chi connectivity index (χ0) is 14.0. The zero-order valence-corrected chi connectivity index (χ0v) is 11.7. The molecule has 0 aliphatic rings. The summed E-state index contributed by atoms with van der Waals surface area (Å²) in [5.41, 5.74) is 2.23. The molecule has 0 heterocycles. The Bertz CT molecular complexity index is 357. The summed E-state index contributed by atoms with van der Waals surface area (Å²) in [5, 5.41) is 2.59. The number of carbonyl (C=O) groups excluding carboxylic acids is 2. The third-order valence-electron chi connectivity index (χ3n) is 2.13. The highest BCUT2D eigenvalue weighted by atomic mass is 16.2. The highest BCUT2D eigenvalue weighted by molar-refractivity contribution is 5.77. The van der Waals surface area contributed by atoms with E-state index in [2.05, 4.69) is 19.2 Å². The molecule has 0 aliphatic carbocycles. The van der Waals surface area contributed by atoms with Crippen LogP contribution >= 0.6 is 0 Å². The van der Waals surface area contributed by atoms with Gasteiger partial charge in [-0.3, -0.25) is 4.79 Å². The molecule has 3 nitrogen and oxygen atoms in total. The van der Waals surface area contributed by atoms with Crippen LogP contribution in [0.5, 0.6) is 0 Å². The first-order valence-corrected chi connectivity index (χ1v) is 6.31. The van der Waals surface area contributed by atoms with Crippen LogP contribution in [0.1, 0.15) is 38.3 Å². The Morgan fingerprint density at radius 3 is 2.17 bits per heavy atom. The lowest BCUT2D eigenvalue weighted by Crippen LogP contribution is -2.35. The molecular formula is C15H23NO2. The molecule has 3 heteroatoms. The molecule has 1 aromatic carbocycles. The number of benzene rings is 1. The SMILES string of the molecule is CC(=O)N[C@H](C=O)Cc1ccc(C)cc1.CCC. The van der Waals surface area contributed by atoms with Crippen molar-refractivity contribution in [3.05, 3.63) is 35.4 Å². The average molecular weight is 249 g/mol. The molecule has 0 radical (unpaired) electrons. The van der Waals surface area contributed by atoms with Crippen LogP contribution in [0.2, 0.25) is 0 Å². The van der Waals surface area contributed by atoms with Gasteiger partial charge < -0.3 is 10.1 Å². The largest absolute Gasteiger partial charge is 0.346 e. The predicted molar refractivity (Wildman–Crippen MR) is 74.5 cm³/mol. The maximum Gasteiger partial charge on any atom is 0.217 e. The summed E-state index contributed by atoms with van der Waals surface area (Å²) in [6, 6.07) is 7.49. The second-order valence-electron chi connectivity index (χ2n) is 4.34. The van der Waals surface area contributed by atoms with Crippen molar-refractivity contribution in [2.45, 2.75) is 46.6 Å². The van der Waals surface area contributed by atoms with E-state index in [0.29, 0.717) is 6.42 Å². The van der Waals surface area contributed by atoms with Gasteiger partial charge in [-0.2, -0.15) is 0 Å². The smallest absolute Gasteiger partial charge is 0.217 e. The molecule has 1 atom stereocenters. The molecule has 0 aromatic heterocycles. The van der Waals surface area contributed by atoms with Crippen LogP contribution in [-0.4, -0.2) is 18.2 Å². The Labute approximate surface area is 110 Å². The Kier molecular flexibility index (Phi) is 8.54. The maximum absolute atomic E-state index is 10.8. The monoisotopic (exact) mass is 249 g/mol. The highest BCUT2D eigenvalue weighted by Gasteiger charge is 2.08. The van der Waals surface area contributed by atoms with Crippen molar-refractivity contribution in [1.82, 2.24) is 5.32 Å². The molecule has 0 aliphatic heterocycles. The normalized spacial score (nSPS) is 10.9. The zero-order valence-electron chi connectivity index (χ0n) is 11.7. The van der Waals surface area contributed by atoms with Crippen LogP contribution in [0.25, 0.3) is 0 Å². The molecule has 18 heavy (non-hydrogen) atoms. The van der Waals surface area contributed by atoms with Gasteiger partial charge in [-0.15, -0.1) is 0 Å². The molecule has 0 saturated heterocycles. The maximum atomic E-state index is 10.8. The molecule has 1 N–H and O–H groups in total. The minimum Gasteiger partial charge on any atom is -0.346 e. The summed E-state index contributed by atoms with van der Waals surface area (Å²) in [6.07, 6.45) is 2.56. The van der Waals surface area contributed by atoms with E-state index in [9.17, 15) is 9.59 Å².